The Bertz CT molecular complexity index is 342. The molecule has 86 valence electrons. The molecule has 1 fully saturated rings. The van der Waals surface area contributed by atoms with E-state index >= 15 is 0 Å². The summed E-state index contributed by atoms with van der Waals surface area (Å²) in [4.78, 5) is 16.2. The van der Waals surface area contributed by atoms with Crippen molar-refractivity contribution >= 4 is 5.78 Å². The third-order valence-corrected chi connectivity index (χ3v) is 3.31. The summed E-state index contributed by atoms with van der Waals surface area (Å²) in [5, 5.41) is 0. The molecule has 0 amide bonds. The van der Waals surface area contributed by atoms with E-state index in [0.717, 1.165) is 31.4 Å². The number of carbonyl (C=O) groups is 1. The lowest BCUT2D eigenvalue weighted by molar-refractivity contribution is -0.123. The number of Topliss-reactive ketones (excluding diaryl/α,β-unsaturated/α-hetero) is 1. The Morgan fingerprint density at radius 2 is 2.06 bits per heavy atom. The Labute approximate surface area is 96.1 Å². The fourth-order valence-electron chi connectivity index (χ4n) is 2.27. The van der Waals surface area contributed by atoms with Gasteiger partial charge in [0.2, 0.25) is 0 Å². The van der Waals surface area contributed by atoms with Gasteiger partial charge in [-0.05, 0) is 37.8 Å². The van der Waals surface area contributed by atoms with E-state index in [0.29, 0.717) is 18.2 Å². The zero-order valence-corrected chi connectivity index (χ0v) is 9.43. The zero-order chi connectivity index (χ0) is 11.4. The van der Waals surface area contributed by atoms with E-state index in [2.05, 4.69) is 4.98 Å². The molecule has 1 heterocycles. The van der Waals surface area contributed by atoms with Crippen LogP contribution in [0, 0.1) is 5.92 Å². The molecule has 16 heavy (non-hydrogen) atoms. The normalized spacial score (nSPS) is 25.3. The highest BCUT2D eigenvalue weighted by Gasteiger charge is 2.24. The van der Waals surface area contributed by atoms with Crippen LogP contribution in [0.1, 0.15) is 31.4 Å². The van der Waals surface area contributed by atoms with E-state index in [-0.39, 0.29) is 5.92 Å². The van der Waals surface area contributed by atoms with Gasteiger partial charge >= 0.3 is 0 Å². The van der Waals surface area contributed by atoms with Crippen molar-refractivity contribution in [2.45, 2.75) is 38.1 Å². The molecule has 2 rings (SSSR count). The van der Waals surface area contributed by atoms with Crippen molar-refractivity contribution in [3.8, 4) is 0 Å². The highest BCUT2D eigenvalue weighted by atomic mass is 16.1. The number of pyridine rings is 1. The van der Waals surface area contributed by atoms with Gasteiger partial charge in [-0.3, -0.25) is 9.78 Å². The van der Waals surface area contributed by atoms with Crippen LogP contribution in [0.5, 0.6) is 0 Å². The number of nitrogens with zero attached hydrogens (tertiary/aromatic N) is 1. The number of nitrogens with two attached hydrogens (primary N) is 1. The number of ketones is 1. The van der Waals surface area contributed by atoms with Gasteiger partial charge < -0.3 is 5.73 Å². The molecule has 1 saturated carbocycles. The predicted octanol–water partition coefficient (Wildman–Crippen LogP) is 1.71. The van der Waals surface area contributed by atoms with Crippen molar-refractivity contribution in [3.63, 3.8) is 0 Å². The second kappa shape index (κ2) is 5.21. The molecule has 0 saturated heterocycles. The van der Waals surface area contributed by atoms with E-state index < -0.39 is 0 Å². The molecule has 3 heteroatoms. The van der Waals surface area contributed by atoms with Crippen LogP contribution in [0.15, 0.2) is 24.4 Å². The number of carbonyl (C=O) groups excluding carboxylic acids is 1. The van der Waals surface area contributed by atoms with Gasteiger partial charge in [0, 0.05) is 30.3 Å². The summed E-state index contributed by atoms with van der Waals surface area (Å²) in [7, 11) is 0. The minimum Gasteiger partial charge on any atom is -0.328 e. The largest absolute Gasteiger partial charge is 0.328 e. The Morgan fingerprint density at radius 1 is 1.31 bits per heavy atom. The number of hydrogen-bond donors (Lipinski definition) is 1. The number of rotatable bonds is 3. The second-order valence-electron chi connectivity index (χ2n) is 4.58. The maximum absolute atomic E-state index is 12.0. The second-order valence-corrected chi connectivity index (χ2v) is 4.58. The average Bonchev–Trinajstić information content (AvgIpc) is 2.31. The molecular formula is C13H18N2O. The summed E-state index contributed by atoms with van der Waals surface area (Å²) in [6, 6.07) is 6.01. The Balaban J connectivity index is 1.89. The number of hydrogen-bond acceptors (Lipinski definition) is 3. The van der Waals surface area contributed by atoms with Gasteiger partial charge in [0.25, 0.3) is 0 Å². The number of aromatic nitrogens is 1. The van der Waals surface area contributed by atoms with Crippen LogP contribution >= 0.6 is 0 Å². The van der Waals surface area contributed by atoms with E-state index in [1.807, 2.05) is 18.2 Å². The van der Waals surface area contributed by atoms with Gasteiger partial charge in [0.1, 0.15) is 5.78 Å². The van der Waals surface area contributed by atoms with Gasteiger partial charge in [-0.2, -0.15) is 0 Å². The molecule has 0 atom stereocenters. The van der Waals surface area contributed by atoms with Crippen LogP contribution in [0.2, 0.25) is 0 Å². The topological polar surface area (TPSA) is 56.0 Å². The van der Waals surface area contributed by atoms with Crippen LogP contribution in [-0.2, 0) is 11.2 Å². The molecule has 1 aliphatic carbocycles. The molecule has 1 aromatic rings. The molecule has 1 aliphatic rings. The lowest BCUT2D eigenvalue weighted by atomic mass is 9.82. The maximum atomic E-state index is 12.0. The molecule has 1 aromatic heterocycles. The van der Waals surface area contributed by atoms with Crippen LogP contribution < -0.4 is 5.73 Å². The van der Waals surface area contributed by atoms with Crippen LogP contribution in [-0.4, -0.2) is 16.8 Å². The Hall–Kier alpha value is -1.22. The SMILES string of the molecule is NC1CCC(C(=O)Cc2ccccn2)CC1. The first-order valence-electron chi connectivity index (χ1n) is 5.94. The van der Waals surface area contributed by atoms with Gasteiger partial charge in [0.05, 0.1) is 0 Å². The van der Waals surface area contributed by atoms with Gasteiger partial charge in [-0.15, -0.1) is 0 Å². The maximum Gasteiger partial charge on any atom is 0.141 e. The molecular weight excluding hydrogens is 200 g/mol. The summed E-state index contributed by atoms with van der Waals surface area (Å²) in [6.45, 7) is 0. The lowest BCUT2D eigenvalue weighted by Crippen LogP contribution is -2.30. The lowest BCUT2D eigenvalue weighted by Gasteiger charge is -2.24. The molecule has 0 radical (unpaired) electrons. The third-order valence-electron chi connectivity index (χ3n) is 3.31. The molecule has 0 spiro atoms. The molecule has 0 unspecified atom stereocenters. The summed E-state index contributed by atoms with van der Waals surface area (Å²) >= 11 is 0. The van der Waals surface area contributed by atoms with Crippen LogP contribution in [0.25, 0.3) is 0 Å². The minimum absolute atomic E-state index is 0.210. The zero-order valence-electron chi connectivity index (χ0n) is 9.43. The Kier molecular flexibility index (Phi) is 3.67. The fourth-order valence-corrected chi connectivity index (χ4v) is 2.27. The van der Waals surface area contributed by atoms with Crippen LogP contribution in [0.4, 0.5) is 0 Å². The Morgan fingerprint density at radius 3 is 2.69 bits per heavy atom. The van der Waals surface area contributed by atoms with Gasteiger partial charge in [0.15, 0.2) is 0 Å². The molecule has 0 aromatic carbocycles. The van der Waals surface area contributed by atoms with Gasteiger partial charge in [-0.1, -0.05) is 6.07 Å². The van der Waals surface area contributed by atoms with E-state index in [1.165, 1.54) is 0 Å². The average molecular weight is 218 g/mol. The summed E-state index contributed by atoms with van der Waals surface area (Å²) in [6.07, 6.45) is 6.08. The predicted molar refractivity (Wildman–Crippen MR) is 62.9 cm³/mol. The van der Waals surface area contributed by atoms with E-state index in [1.54, 1.807) is 6.20 Å². The first kappa shape index (κ1) is 11.3. The van der Waals surface area contributed by atoms with Crippen LogP contribution in [0.3, 0.4) is 0 Å². The standard InChI is InChI=1S/C13H18N2O/c14-11-6-4-10(5-7-11)13(16)9-12-3-1-2-8-15-12/h1-3,8,10-11H,4-7,9,14H2. The molecule has 0 bridgehead atoms. The highest BCUT2D eigenvalue weighted by molar-refractivity contribution is 5.82. The molecule has 3 nitrogen and oxygen atoms in total. The molecule has 2 N–H and O–H groups in total. The monoisotopic (exact) mass is 218 g/mol. The van der Waals surface area contributed by atoms with Crippen molar-refractivity contribution in [2.24, 2.45) is 11.7 Å². The molecule has 0 aliphatic heterocycles. The summed E-state index contributed by atoms with van der Waals surface area (Å²) in [5.41, 5.74) is 6.70. The van der Waals surface area contributed by atoms with Crippen molar-refractivity contribution < 1.29 is 4.79 Å². The first-order valence-corrected chi connectivity index (χ1v) is 5.94. The van der Waals surface area contributed by atoms with E-state index in [9.17, 15) is 4.79 Å². The minimum atomic E-state index is 0.210. The fraction of sp³-hybridized carbons (Fsp3) is 0.538. The summed E-state index contributed by atoms with van der Waals surface area (Å²) < 4.78 is 0. The van der Waals surface area contributed by atoms with Gasteiger partial charge in [-0.25, -0.2) is 0 Å². The summed E-state index contributed by atoms with van der Waals surface area (Å²) in [5.74, 6) is 0.535. The first-order chi connectivity index (χ1) is 7.75. The van der Waals surface area contributed by atoms with Crippen molar-refractivity contribution in [3.05, 3.63) is 30.1 Å². The smallest absolute Gasteiger partial charge is 0.141 e. The quantitative estimate of drug-likeness (QED) is 0.840. The van der Waals surface area contributed by atoms with Crippen molar-refractivity contribution in [1.82, 2.24) is 4.98 Å². The highest BCUT2D eigenvalue weighted by Crippen LogP contribution is 2.24. The third kappa shape index (κ3) is 2.89. The van der Waals surface area contributed by atoms with Crippen molar-refractivity contribution in [2.75, 3.05) is 0 Å². The van der Waals surface area contributed by atoms with Crippen molar-refractivity contribution in [1.29, 1.82) is 0 Å². The van der Waals surface area contributed by atoms with E-state index in [4.69, 9.17) is 5.73 Å².